The van der Waals surface area contributed by atoms with E-state index in [1.165, 1.54) is 12.1 Å². The van der Waals surface area contributed by atoms with Gasteiger partial charge in [-0.05, 0) is 35.9 Å². The molecule has 2 aromatic carbocycles. The molecule has 0 saturated heterocycles. The van der Waals surface area contributed by atoms with Crippen LogP contribution < -0.4 is 10.6 Å². The Hall–Kier alpha value is -2.21. The Morgan fingerprint density at radius 2 is 1.77 bits per heavy atom. The summed E-state index contributed by atoms with van der Waals surface area (Å²) in [5, 5.41) is 5.61. The standard InChI is InChI=1S/C15H12ClF3N2O/c16-12-2-1-3-13(8-12)21-14(22)20-9-10-4-6-11(7-5-10)15(17,18)19/h1-8H,9H2,(H2,20,21,22). The maximum absolute atomic E-state index is 12.4. The van der Waals surface area contributed by atoms with Crippen molar-refractivity contribution in [3.63, 3.8) is 0 Å². The molecule has 7 heteroatoms. The molecule has 0 fully saturated rings. The number of halogens is 4. The number of alkyl halides is 3. The third-order valence-electron chi connectivity index (χ3n) is 2.82. The van der Waals surface area contributed by atoms with Crippen molar-refractivity contribution in [2.75, 3.05) is 5.32 Å². The summed E-state index contributed by atoms with van der Waals surface area (Å²) in [4.78, 5) is 11.7. The maximum atomic E-state index is 12.4. The summed E-state index contributed by atoms with van der Waals surface area (Å²) in [6, 6.07) is 10.7. The molecule has 0 unspecified atom stereocenters. The van der Waals surface area contributed by atoms with Gasteiger partial charge in [-0.3, -0.25) is 0 Å². The van der Waals surface area contributed by atoms with Gasteiger partial charge >= 0.3 is 12.2 Å². The van der Waals surface area contributed by atoms with E-state index in [1.807, 2.05) is 0 Å². The van der Waals surface area contributed by atoms with Crippen LogP contribution in [0.5, 0.6) is 0 Å². The lowest BCUT2D eigenvalue weighted by Gasteiger charge is -2.09. The van der Waals surface area contributed by atoms with Crippen LogP contribution in [0.2, 0.25) is 5.02 Å². The zero-order valence-electron chi connectivity index (χ0n) is 11.2. The second-order valence-corrected chi connectivity index (χ2v) is 4.95. The lowest BCUT2D eigenvalue weighted by Crippen LogP contribution is -2.28. The van der Waals surface area contributed by atoms with Gasteiger partial charge in [-0.2, -0.15) is 13.2 Å². The summed E-state index contributed by atoms with van der Waals surface area (Å²) >= 11 is 5.79. The fourth-order valence-corrected chi connectivity index (χ4v) is 1.93. The minimum Gasteiger partial charge on any atom is -0.334 e. The molecular formula is C15H12ClF3N2O. The Labute approximate surface area is 130 Å². The Morgan fingerprint density at radius 1 is 1.09 bits per heavy atom. The molecule has 2 rings (SSSR count). The van der Waals surface area contributed by atoms with E-state index in [1.54, 1.807) is 24.3 Å². The number of carbonyl (C=O) groups is 1. The van der Waals surface area contributed by atoms with Gasteiger partial charge in [0, 0.05) is 17.3 Å². The molecule has 0 radical (unpaired) electrons. The molecule has 2 amide bonds. The van der Waals surface area contributed by atoms with E-state index >= 15 is 0 Å². The largest absolute Gasteiger partial charge is 0.416 e. The van der Waals surface area contributed by atoms with Crippen molar-refractivity contribution >= 4 is 23.3 Å². The van der Waals surface area contributed by atoms with E-state index in [4.69, 9.17) is 11.6 Å². The average molecular weight is 329 g/mol. The van der Waals surface area contributed by atoms with Crippen LogP contribution in [0.1, 0.15) is 11.1 Å². The predicted octanol–water partition coefficient (Wildman–Crippen LogP) is 4.68. The van der Waals surface area contributed by atoms with Gasteiger partial charge in [-0.1, -0.05) is 29.8 Å². The van der Waals surface area contributed by atoms with Gasteiger partial charge < -0.3 is 10.6 Å². The quantitative estimate of drug-likeness (QED) is 0.844. The van der Waals surface area contributed by atoms with E-state index in [-0.39, 0.29) is 6.54 Å². The van der Waals surface area contributed by atoms with E-state index in [0.29, 0.717) is 16.3 Å². The topological polar surface area (TPSA) is 41.1 Å². The molecule has 2 N–H and O–H groups in total. The van der Waals surface area contributed by atoms with E-state index in [9.17, 15) is 18.0 Å². The van der Waals surface area contributed by atoms with E-state index in [0.717, 1.165) is 12.1 Å². The molecule has 0 aromatic heterocycles. The third-order valence-corrected chi connectivity index (χ3v) is 3.05. The van der Waals surface area contributed by atoms with Gasteiger partial charge in [-0.25, -0.2) is 4.79 Å². The van der Waals surface area contributed by atoms with Gasteiger partial charge in [0.05, 0.1) is 5.56 Å². The van der Waals surface area contributed by atoms with Crippen LogP contribution in [0.3, 0.4) is 0 Å². The average Bonchev–Trinajstić information content (AvgIpc) is 2.45. The first-order valence-electron chi connectivity index (χ1n) is 6.31. The number of rotatable bonds is 3. The van der Waals surface area contributed by atoms with Crippen LogP contribution in [0.15, 0.2) is 48.5 Å². The van der Waals surface area contributed by atoms with Crippen molar-refractivity contribution in [2.45, 2.75) is 12.7 Å². The van der Waals surface area contributed by atoms with Gasteiger partial charge in [0.15, 0.2) is 0 Å². The van der Waals surface area contributed by atoms with Gasteiger partial charge in [-0.15, -0.1) is 0 Å². The Balaban J connectivity index is 1.88. The van der Waals surface area contributed by atoms with Crippen LogP contribution in [0.25, 0.3) is 0 Å². The molecule has 0 aliphatic rings. The minimum absolute atomic E-state index is 0.116. The second kappa shape index (κ2) is 6.70. The van der Waals surface area contributed by atoms with Crippen LogP contribution in [0, 0.1) is 0 Å². The van der Waals surface area contributed by atoms with Gasteiger partial charge in [0.1, 0.15) is 0 Å². The molecule has 2 aromatic rings. The van der Waals surface area contributed by atoms with E-state index in [2.05, 4.69) is 10.6 Å². The summed E-state index contributed by atoms with van der Waals surface area (Å²) in [6.07, 6.45) is -4.37. The normalized spacial score (nSPS) is 11.1. The first-order valence-corrected chi connectivity index (χ1v) is 6.69. The number of benzene rings is 2. The number of hydrogen-bond donors (Lipinski definition) is 2. The molecule has 0 saturated carbocycles. The van der Waals surface area contributed by atoms with Gasteiger partial charge in [0.25, 0.3) is 0 Å². The van der Waals surface area contributed by atoms with Crippen LogP contribution in [-0.2, 0) is 12.7 Å². The molecule has 0 aliphatic carbocycles. The highest BCUT2D eigenvalue weighted by Gasteiger charge is 2.29. The second-order valence-electron chi connectivity index (χ2n) is 4.51. The smallest absolute Gasteiger partial charge is 0.334 e. The summed E-state index contributed by atoms with van der Waals surface area (Å²) in [5.41, 5.74) is 0.367. The van der Waals surface area contributed by atoms with Crippen molar-refractivity contribution in [2.24, 2.45) is 0 Å². The third kappa shape index (κ3) is 4.66. The van der Waals surface area contributed by atoms with Crippen molar-refractivity contribution in [3.05, 3.63) is 64.7 Å². The Morgan fingerprint density at radius 3 is 2.36 bits per heavy atom. The van der Waals surface area contributed by atoms with Gasteiger partial charge in [0.2, 0.25) is 0 Å². The summed E-state index contributed by atoms with van der Waals surface area (Å²) < 4.78 is 37.3. The van der Waals surface area contributed by atoms with Crippen molar-refractivity contribution < 1.29 is 18.0 Å². The highest BCUT2D eigenvalue weighted by Crippen LogP contribution is 2.29. The van der Waals surface area contributed by atoms with Crippen molar-refractivity contribution in [1.29, 1.82) is 0 Å². The zero-order valence-corrected chi connectivity index (χ0v) is 12.0. The van der Waals surface area contributed by atoms with Crippen molar-refractivity contribution in [3.8, 4) is 0 Å². The molecule has 3 nitrogen and oxygen atoms in total. The lowest BCUT2D eigenvalue weighted by atomic mass is 10.1. The first kappa shape index (κ1) is 16.2. The van der Waals surface area contributed by atoms with E-state index < -0.39 is 17.8 Å². The molecule has 116 valence electrons. The minimum atomic E-state index is -4.37. The summed E-state index contributed by atoms with van der Waals surface area (Å²) in [5.74, 6) is 0. The molecule has 0 bridgehead atoms. The SMILES string of the molecule is O=C(NCc1ccc(C(F)(F)F)cc1)Nc1cccc(Cl)c1. The first-order chi connectivity index (χ1) is 10.3. The fraction of sp³-hybridized carbons (Fsp3) is 0.133. The molecule has 22 heavy (non-hydrogen) atoms. The number of hydrogen-bond acceptors (Lipinski definition) is 1. The number of amides is 2. The lowest BCUT2D eigenvalue weighted by molar-refractivity contribution is -0.137. The molecule has 0 aliphatic heterocycles. The van der Waals surface area contributed by atoms with Crippen LogP contribution in [-0.4, -0.2) is 6.03 Å². The Bertz CT molecular complexity index is 657. The monoisotopic (exact) mass is 328 g/mol. The highest BCUT2D eigenvalue weighted by atomic mass is 35.5. The highest BCUT2D eigenvalue weighted by molar-refractivity contribution is 6.30. The number of carbonyl (C=O) groups excluding carboxylic acids is 1. The predicted molar refractivity (Wildman–Crippen MR) is 78.8 cm³/mol. The van der Waals surface area contributed by atoms with Crippen LogP contribution >= 0.6 is 11.6 Å². The number of urea groups is 1. The molecule has 0 spiro atoms. The molecule has 0 heterocycles. The number of nitrogens with one attached hydrogen (secondary N) is 2. The summed E-state index contributed by atoms with van der Waals surface area (Å²) in [6.45, 7) is 0.116. The molecular weight excluding hydrogens is 317 g/mol. The zero-order chi connectivity index (χ0) is 16.2. The Kier molecular flexibility index (Phi) is 4.92. The summed E-state index contributed by atoms with van der Waals surface area (Å²) in [7, 11) is 0. The molecule has 0 atom stereocenters. The van der Waals surface area contributed by atoms with Crippen molar-refractivity contribution in [1.82, 2.24) is 5.32 Å². The fourth-order valence-electron chi connectivity index (χ4n) is 1.74. The van der Waals surface area contributed by atoms with Crippen LogP contribution in [0.4, 0.5) is 23.7 Å². The maximum Gasteiger partial charge on any atom is 0.416 e. The number of anilines is 1.